The van der Waals surface area contributed by atoms with Crippen LogP contribution < -0.4 is 10.1 Å². The molecule has 34 heavy (non-hydrogen) atoms. The number of piperidine rings is 1. The minimum absolute atomic E-state index is 0.0140. The van der Waals surface area contributed by atoms with Crippen LogP contribution in [0.15, 0.2) is 42.5 Å². The van der Waals surface area contributed by atoms with E-state index in [1.54, 1.807) is 18.2 Å². The monoisotopic (exact) mass is 460 g/mol. The van der Waals surface area contributed by atoms with Gasteiger partial charge >= 0.3 is 0 Å². The van der Waals surface area contributed by atoms with Crippen molar-refractivity contribution >= 4 is 11.7 Å². The third kappa shape index (κ3) is 2.44. The van der Waals surface area contributed by atoms with Crippen LogP contribution in [0.3, 0.4) is 0 Å². The number of quaternary nitrogens is 1. The van der Waals surface area contributed by atoms with Crippen molar-refractivity contribution in [2.24, 2.45) is 5.92 Å². The Hall–Kier alpha value is -2.90. The fraction of sp³-hybridized carbons (Fsp3) is 0.481. The molecule has 2 saturated carbocycles. The molecule has 1 amide bonds. The van der Waals surface area contributed by atoms with Crippen LogP contribution in [0.2, 0.25) is 0 Å². The molecule has 0 radical (unpaired) electrons. The lowest BCUT2D eigenvalue weighted by Gasteiger charge is -2.69. The Labute approximate surface area is 197 Å². The van der Waals surface area contributed by atoms with Gasteiger partial charge in [-0.3, -0.25) is 9.59 Å². The van der Waals surface area contributed by atoms with Crippen LogP contribution in [0.1, 0.15) is 53.6 Å². The fourth-order valence-electron chi connectivity index (χ4n) is 7.71. The van der Waals surface area contributed by atoms with Gasteiger partial charge in [0, 0.05) is 36.3 Å². The third-order valence-corrected chi connectivity index (χ3v) is 9.28. The number of rotatable bonds is 4. The first-order valence-corrected chi connectivity index (χ1v) is 12.4. The smallest absolute Gasteiger partial charge is 0.251 e. The van der Waals surface area contributed by atoms with Gasteiger partial charge in [-0.25, -0.2) is 0 Å². The first-order valence-electron chi connectivity index (χ1n) is 12.4. The molecule has 5 atom stereocenters. The van der Waals surface area contributed by atoms with Gasteiger partial charge in [0.2, 0.25) is 0 Å². The number of likely N-dealkylation sites (tertiary alicyclic amines) is 1. The highest BCUT2D eigenvalue weighted by Gasteiger charge is 2.76. The standard InChI is InChI=1S/C27H28N2O5/c30-19-9-8-18-14-21-27(28-25(32)17-4-2-1-3-5-17)11-10-20(31)24-26(27,22(18)23(19)34-24)12-13-29(21,33)15-16-6-7-16/h1-5,8-9,16,21,24,30H,6-7,10-15H2,(H,28,32)/t21-,24+,26-,27-,29?/m1/s1. The van der Waals surface area contributed by atoms with Crippen LogP contribution in [-0.4, -0.2) is 52.2 Å². The fourth-order valence-corrected chi connectivity index (χ4v) is 7.71. The lowest BCUT2D eigenvalue weighted by atomic mass is 9.47. The average Bonchev–Trinajstić information content (AvgIpc) is 3.56. The summed E-state index contributed by atoms with van der Waals surface area (Å²) < 4.78 is 5.90. The van der Waals surface area contributed by atoms with E-state index in [2.05, 4.69) is 5.32 Å². The normalized spacial score (nSPS) is 37.0. The van der Waals surface area contributed by atoms with Crippen molar-refractivity contribution in [3.63, 3.8) is 0 Å². The maximum absolute atomic E-state index is 14.6. The Morgan fingerprint density at radius 3 is 2.74 bits per heavy atom. The second-order valence-electron chi connectivity index (χ2n) is 10.9. The van der Waals surface area contributed by atoms with Gasteiger partial charge < -0.3 is 25.0 Å². The molecule has 2 aromatic carbocycles. The number of hydrogen-bond acceptors (Lipinski definition) is 5. The van der Waals surface area contributed by atoms with Crippen molar-refractivity contribution in [1.82, 2.24) is 5.32 Å². The lowest BCUT2D eigenvalue weighted by Crippen LogP contribution is -2.85. The quantitative estimate of drug-likeness (QED) is 0.540. The molecular weight excluding hydrogens is 432 g/mol. The summed E-state index contributed by atoms with van der Waals surface area (Å²) in [4.78, 5) is 26.9. The van der Waals surface area contributed by atoms with Gasteiger partial charge in [0.05, 0.1) is 18.5 Å². The van der Waals surface area contributed by atoms with Crippen LogP contribution in [0.4, 0.5) is 0 Å². The number of aromatic hydroxyl groups is 1. The maximum atomic E-state index is 14.6. The van der Waals surface area contributed by atoms with Gasteiger partial charge in [-0.15, -0.1) is 0 Å². The van der Waals surface area contributed by atoms with E-state index < -0.39 is 23.1 Å². The van der Waals surface area contributed by atoms with Crippen molar-refractivity contribution in [3.05, 3.63) is 64.4 Å². The second kappa shape index (κ2) is 6.61. The molecule has 1 spiro atoms. The van der Waals surface area contributed by atoms with Crippen LogP contribution in [0, 0.1) is 11.1 Å². The second-order valence-corrected chi connectivity index (χ2v) is 10.9. The van der Waals surface area contributed by atoms with Crippen molar-refractivity contribution in [2.75, 3.05) is 13.1 Å². The zero-order valence-corrected chi connectivity index (χ0v) is 19.0. The topological polar surface area (TPSA) is 98.7 Å². The van der Waals surface area contributed by atoms with E-state index in [1.807, 2.05) is 24.3 Å². The Bertz CT molecular complexity index is 1230. The Balaban J connectivity index is 1.45. The number of nitrogens with one attached hydrogen (secondary N) is 1. The maximum Gasteiger partial charge on any atom is 0.251 e. The number of ketones is 1. The van der Waals surface area contributed by atoms with E-state index in [4.69, 9.17) is 4.74 Å². The molecule has 7 heteroatoms. The molecular formula is C27H28N2O5. The molecule has 3 fully saturated rings. The number of nitrogens with zero attached hydrogens (tertiary/aromatic N) is 1. The first kappa shape index (κ1) is 20.5. The Morgan fingerprint density at radius 2 is 1.97 bits per heavy atom. The van der Waals surface area contributed by atoms with Gasteiger partial charge in [0.15, 0.2) is 23.4 Å². The summed E-state index contributed by atoms with van der Waals surface area (Å²) in [6.07, 6.45) is 2.98. The van der Waals surface area contributed by atoms with Crippen LogP contribution in [0.5, 0.6) is 11.5 Å². The molecule has 2 heterocycles. The highest BCUT2D eigenvalue weighted by Crippen LogP contribution is 2.66. The molecule has 0 aromatic heterocycles. The highest BCUT2D eigenvalue weighted by molar-refractivity contribution is 5.96. The molecule has 2 aromatic rings. The zero-order chi connectivity index (χ0) is 23.3. The van der Waals surface area contributed by atoms with Gasteiger partial charge in [-0.2, -0.15) is 0 Å². The number of phenolic OH excluding ortho intramolecular Hbond substituents is 1. The van der Waals surface area contributed by atoms with E-state index >= 15 is 0 Å². The predicted octanol–water partition coefficient (Wildman–Crippen LogP) is 2.98. The largest absolute Gasteiger partial charge is 0.633 e. The molecule has 7 rings (SSSR count). The van der Waals surface area contributed by atoms with Gasteiger partial charge in [0.1, 0.15) is 11.6 Å². The molecule has 7 nitrogen and oxygen atoms in total. The molecule has 3 aliphatic carbocycles. The number of hydroxylamine groups is 3. The van der Waals surface area contributed by atoms with Crippen molar-refractivity contribution < 1.29 is 24.1 Å². The Morgan fingerprint density at radius 1 is 1.18 bits per heavy atom. The van der Waals surface area contributed by atoms with Crippen molar-refractivity contribution in [1.29, 1.82) is 0 Å². The van der Waals surface area contributed by atoms with Crippen LogP contribution in [0.25, 0.3) is 0 Å². The minimum Gasteiger partial charge on any atom is -0.633 e. The van der Waals surface area contributed by atoms with E-state index in [1.165, 1.54) is 0 Å². The zero-order valence-electron chi connectivity index (χ0n) is 19.0. The number of amides is 1. The molecule has 2 bridgehead atoms. The van der Waals surface area contributed by atoms with Crippen molar-refractivity contribution in [3.8, 4) is 11.5 Å². The summed E-state index contributed by atoms with van der Waals surface area (Å²) in [5.41, 5.74) is 0.585. The number of Topliss-reactive ketones (excluding diaryl/α,β-unsaturated/α-hetero) is 1. The van der Waals surface area contributed by atoms with Gasteiger partial charge in [-0.05, 0) is 43.0 Å². The number of benzene rings is 2. The summed E-state index contributed by atoms with van der Waals surface area (Å²) in [6.45, 7) is 0.954. The van der Waals surface area contributed by atoms with Gasteiger partial charge in [-0.1, -0.05) is 24.3 Å². The SMILES string of the molecule is O=C(N[C@@]12CCC(=O)[C@@H]3Oc4c(O)ccc5c4[C@]31CC[N+]([O-])(CC1CC1)[C@@H]2C5)c1ccccc1. The van der Waals surface area contributed by atoms with E-state index in [0.29, 0.717) is 49.6 Å². The number of ether oxygens (including phenoxy) is 1. The van der Waals surface area contributed by atoms with Crippen LogP contribution >= 0.6 is 0 Å². The lowest BCUT2D eigenvalue weighted by molar-refractivity contribution is -0.920. The summed E-state index contributed by atoms with van der Waals surface area (Å²) in [5, 5.41) is 28.6. The molecule has 5 aliphatic rings. The Kier molecular flexibility index (Phi) is 3.98. The summed E-state index contributed by atoms with van der Waals surface area (Å²) in [7, 11) is 0. The highest BCUT2D eigenvalue weighted by atomic mass is 16.6. The molecule has 2 aliphatic heterocycles. The van der Waals surface area contributed by atoms with Crippen molar-refractivity contribution in [2.45, 2.75) is 61.6 Å². The summed E-state index contributed by atoms with van der Waals surface area (Å²) >= 11 is 0. The minimum atomic E-state index is -0.917. The molecule has 176 valence electrons. The number of phenols is 1. The number of carbonyl (C=O) groups is 2. The van der Waals surface area contributed by atoms with E-state index in [9.17, 15) is 19.9 Å². The number of carbonyl (C=O) groups excluding carboxylic acids is 2. The predicted molar refractivity (Wildman–Crippen MR) is 123 cm³/mol. The number of hydrogen-bond donors (Lipinski definition) is 2. The third-order valence-electron chi connectivity index (χ3n) is 9.28. The summed E-state index contributed by atoms with van der Waals surface area (Å²) in [6, 6.07) is 12.1. The molecule has 1 unspecified atom stereocenters. The van der Waals surface area contributed by atoms with E-state index in [-0.39, 0.29) is 28.5 Å². The molecule has 2 N–H and O–H groups in total. The van der Waals surface area contributed by atoms with E-state index in [0.717, 1.165) is 24.0 Å². The molecule has 1 saturated heterocycles. The average molecular weight is 461 g/mol. The summed E-state index contributed by atoms with van der Waals surface area (Å²) in [5.74, 6) is 0.576. The van der Waals surface area contributed by atoms with Crippen LogP contribution in [-0.2, 0) is 16.6 Å². The first-order chi connectivity index (χ1) is 16.4. The van der Waals surface area contributed by atoms with Gasteiger partial charge in [0.25, 0.3) is 5.91 Å².